The summed E-state index contributed by atoms with van der Waals surface area (Å²) in [5.74, 6) is 1.47. The van der Waals surface area contributed by atoms with Crippen LogP contribution < -0.4 is 0 Å². The highest BCUT2D eigenvalue weighted by Gasteiger charge is 2.58. The summed E-state index contributed by atoms with van der Waals surface area (Å²) in [6.45, 7) is 0.607. The quantitative estimate of drug-likeness (QED) is 0.439. The average molecular weight is 180 g/mol. The van der Waals surface area contributed by atoms with Crippen molar-refractivity contribution < 1.29 is 14.3 Å². The van der Waals surface area contributed by atoms with Crippen molar-refractivity contribution in [1.82, 2.24) is 0 Å². The molecule has 2 bridgehead atoms. The number of carbonyl (C=O) groups excluding carboxylic acids is 2. The Hall–Kier alpha value is -0.860. The predicted molar refractivity (Wildman–Crippen MR) is 43.7 cm³/mol. The first-order valence-corrected chi connectivity index (χ1v) is 4.93. The van der Waals surface area contributed by atoms with Crippen LogP contribution in [-0.4, -0.2) is 18.9 Å². The van der Waals surface area contributed by atoms with E-state index in [0.29, 0.717) is 24.4 Å². The molecule has 0 N–H and O–H groups in total. The summed E-state index contributed by atoms with van der Waals surface area (Å²) in [5, 5.41) is 0. The molecular formula is C10H12O3. The van der Waals surface area contributed by atoms with Gasteiger partial charge >= 0.3 is 5.97 Å². The third-order valence-corrected chi connectivity index (χ3v) is 4.09. The Morgan fingerprint density at radius 2 is 2.15 bits per heavy atom. The molecular weight excluding hydrogens is 168 g/mol. The van der Waals surface area contributed by atoms with E-state index >= 15 is 0 Å². The molecule has 5 unspecified atom stereocenters. The highest BCUT2D eigenvalue weighted by Crippen LogP contribution is 2.57. The Kier molecular flexibility index (Phi) is 1.35. The Labute approximate surface area is 76.4 Å². The van der Waals surface area contributed by atoms with E-state index in [0.717, 1.165) is 19.1 Å². The molecule has 0 radical (unpaired) electrons. The number of fused-ring (bicyclic) bond motifs is 5. The van der Waals surface area contributed by atoms with Crippen molar-refractivity contribution >= 4 is 12.3 Å². The van der Waals surface area contributed by atoms with Crippen LogP contribution in [-0.2, 0) is 14.3 Å². The smallest absolute Gasteiger partial charge is 0.309 e. The first-order chi connectivity index (χ1) is 6.31. The van der Waals surface area contributed by atoms with E-state index in [-0.39, 0.29) is 17.8 Å². The molecule has 0 aromatic carbocycles. The fourth-order valence-electron chi connectivity index (χ4n) is 3.54. The summed E-state index contributed by atoms with van der Waals surface area (Å²) in [6.07, 6.45) is 3.10. The SMILES string of the molecule is O=CC1CC2CC1C1C(=O)OCC21. The van der Waals surface area contributed by atoms with Crippen LogP contribution in [0.3, 0.4) is 0 Å². The fourth-order valence-corrected chi connectivity index (χ4v) is 3.54. The van der Waals surface area contributed by atoms with E-state index < -0.39 is 0 Å². The number of esters is 1. The van der Waals surface area contributed by atoms with Gasteiger partial charge in [0.05, 0.1) is 12.5 Å². The lowest BCUT2D eigenvalue weighted by atomic mass is 9.76. The average Bonchev–Trinajstić information content (AvgIpc) is 2.76. The number of cyclic esters (lactones) is 1. The molecule has 3 aliphatic rings. The van der Waals surface area contributed by atoms with Gasteiger partial charge in [-0.15, -0.1) is 0 Å². The van der Waals surface area contributed by atoms with E-state index in [1.165, 1.54) is 0 Å². The number of rotatable bonds is 1. The minimum absolute atomic E-state index is 0.0518. The number of hydrogen-bond acceptors (Lipinski definition) is 3. The lowest BCUT2D eigenvalue weighted by Gasteiger charge is -2.24. The second-order valence-corrected chi connectivity index (χ2v) is 4.51. The van der Waals surface area contributed by atoms with Gasteiger partial charge in [-0.1, -0.05) is 0 Å². The largest absolute Gasteiger partial charge is 0.465 e. The van der Waals surface area contributed by atoms with Crippen LogP contribution in [0, 0.1) is 29.6 Å². The molecule has 3 fully saturated rings. The second-order valence-electron chi connectivity index (χ2n) is 4.51. The highest BCUT2D eigenvalue weighted by atomic mass is 16.5. The van der Waals surface area contributed by atoms with Crippen molar-refractivity contribution in [3.63, 3.8) is 0 Å². The molecule has 2 saturated carbocycles. The molecule has 3 nitrogen and oxygen atoms in total. The van der Waals surface area contributed by atoms with Crippen LogP contribution in [0.2, 0.25) is 0 Å². The number of carbonyl (C=O) groups is 2. The maximum Gasteiger partial charge on any atom is 0.309 e. The number of aldehydes is 1. The first-order valence-electron chi connectivity index (χ1n) is 4.93. The lowest BCUT2D eigenvalue weighted by molar-refractivity contribution is -0.143. The Morgan fingerprint density at radius 3 is 2.92 bits per heavy atom. The Morgan fingerprint density at radius 1 is 1.31 bits per heavy atom. The predicted octanol–water partition coefficient (Wildman–Crippen LogP) is 0.630. The minimum Gasteiger partial charge on any atom is -0.465 e. The zero-order valence-electron chi connectivity index (χ0n) is 7.31. The van der Waals surface area contributed by atoms with Gasteiger partial charge in [0, 0.05) is 11.8 Å². The highest BCUT2D eigenvalue weighted by molar-refractivity contribution is 5.77. The van der Waals surface area contributed by atoms with Crippen molar-refractivity contribution in [2.24, 2.45) is 29.6 Å². The summed E-state index contributed by atoms with van der Waals surface area (Å²) in [4.78, 5) is 22.1. The molecule has 0 aromatic heterocycles. The van der Waals surface area contributed by atoms with Crippen molar-refractivity contribution in [3.05, 3.63) is 0 Å². The van der Waals surface area contributed by atoms with Gasteiger partial charge in [0.15, 0.2) is 0 Å². The van der Waals surface area contributed by atoms with Crippen LogP contribution in [0.1, 0.15) is 12.8 Å². The lowest BCUT2D eigenvalue weighted by Crippen LogP contribution is -2.29. The maximum absolute atomic E-state index is 11.4. The molecule has 1 saturated heterocycles. The van der Waals surface area contributed by atoms with Gasteiger partial charge in [-0.3, -0.25) is 4.79 Å². The molecule has 3 rings (SSSR count). The molecule has 5 atom stereocenters. The zero-order valence-corrected chi connectivity index (χ0v) is 7.31. The fraction of sp³-hybridized carbons (Fsp3) is 0.800. The summed E-state index contributed by atoms with van der Waals surface area (Å²) in [7, 11) is 0. The zero-order chi connectivity index (χ0) is 9.00. The van der Waals surface area contributed by atoms with E-state index in [4.69, 9.17) is 4.74 Å². The van der Waals surface area contributed by atoms with Gasteiger partial charge in [-0.25, -0.2) is 0 Å². The van der Waals surface area contributed by atoms with Crippen molar-refractivity contribution in [2.75, 3.05) is 6.61 Å². The Bertz CT molecular complexity index is 273. The standard InChI is InChI=1S/C10H12O3/c11-3-6-1-5-2-7(6)9-8(5)4-13-10(9)12/h3,5-9H,1-2,4H2. The van der Waals surface area contributed by atoms with Crippen LogP contribution in [0.15, 0.2) is 0 Å². The van der Waals surface area contributed by atoms with Gasteiger partial charge in [0.25, 0.3) is 0 Å². The summed E-state index contributed by atoms with van der Waals surface area (Å²) < 4.78 is 5.04. The molecule has 13 heavy (non-hydrogen) atoms. The van der Waals surface area contributed by atoms with E-state index in [1.807, 2.05) is 0 Å². The molecule has 70 valence electrons. The van der Waals surface area contributed by atoms with Crippen LogP contribution in [0.4, 0.5) is 0 Å². The van der Waals surface area contributed by atoms with Gasteiger partial charge < -0.3 is 9.53 Å². The molecule has 0 aromatic rings. The maximum atomic E-state index is 11.4. The van der Waals surface area contributed by atoms with Crippen molar-refractivity contribution in [3.8, 4) is 0 Å². The van der Waals surface area contributed by atoms with Crippen LogP contribution in [0.5, 0.6) is 0 Å². The van der Waals surface area contributed by atoms with Crippen LogP contribution >= 0.6 is 0 Å². The third kappa shape index (κ3) is 0.798. The first kappa shape index (κ1) is 7.54. The molecule has 1 aliphatic heterocycles. The Balaban J connectivity index is 1.93. The third-order valence-electron chi connectivity index (χ3n) is 4.09. The summed E-state index contributed by atoms with van der Waals surface area (Å²) in [5.41, 5.74) is 0. The normalized spacial score (nSPS) is 52.0. The second kappa shape index (κ2) is 2.34. The minimum atomic E-state index is -0.0518. The van der Waals surface area contributed by atoms with Crippen molar-refractivity contribution in [1.29, 1.82) is 0 Å². The van der Waals surface area contributed by atoms with E-state index in [9.17, 15) is 9.59 Å². The number of ether oxygens (including phenoxy) is 1. The molecule has 0 amide bonds. The van der Waals surface area contributed by atoms with Crippen LogP contribution in [0.25, 0.3) is 0 Å². The summed E-state index contributed by atoms with van der Waals surface area (Å²) >= 11 is 0. The summed E-state index contributed by atoms with van der Waals surface area (Å²) in [6, 6.07) is 0. The molecule has 0 spiro atoms. The van der Waals surface area contributed by atoms with E-state index in [2.05, 4.69) is 0 Å². The number of hydrogen-bond donors (Lipinski definition) is 0. The van der Waals surface area contributed by atoms with Gasteiger partial charge in [0.1, 0.15) is 6.29 Å². The molecule has 3 heteroatoms. The van der Waals surface area contributed by atoms with Gasteiger partial charge in [0.2, 0.25) is 0 Å². The van der Waals surface area contributed by atoms with E-state index in [1.54, 1.807) is 0 Å². The van der Waals surface area contributed by atoms with Gasteiger partial charge in [-0.05, 0) is 24.7 Å². The van der Waals surface area contributed by atoms with Crippen molar-refractivity contribution in [2.45, 2.75) is 12.8 Å². The molecule has 2 aliphatic carbocycles. The topological polar surface area (TPSA) is 43.4 Å². The molecule has 1 heterocycles. The monoisotopic (exact) mass is 180 g/mol. The van der Waals surface area contributed by atoms with Gasteiger partial charge in [-0.2, -0.15) is 0 Å².